The molecular formula is C22H23N3O3. The topological polar surface area (TPSA) is 65.4 Å². The zero-order valence-electron chi connectivity index (χ0n) is 16.0. The van der Waals surface area contributed by atoms with Gasteiger partial charge in [0.1, 0.15) is 13.2 Å². The molecule has 0 fully saturated rings. The summed E-state index contributed by atoms with van der Waals surface area (Å²) in [5.74, 6) is 1.34. The predicted octanol–water partition coefficient (Wildman–Crippen LogP) is 3.37. The number of carbonyl (C=O) groups is 1. The van der Waals surface area contributed by atoms with Gasteiger partial charge >= 0.3 is 0 Å². The van der Waals surface area contributed by atoms with Crippen molar-refractivity contribution in [2.45, 2.75) is 25.9 Å². The first kappa shape index (κ1) is 18.1. The summed E-state index contributed by atoms with van der Waals surface area (Å²) in [6, 6.07) is 15.3. The molecule has 1 amide bonds. The number of fused-ring (bicyclic) bond motifs is 1. The maximum Gasteiger partial charge on any atom is 0.251 e. The van der Waals surface area contributed by atoms with Crippen LogP contribution in [0.4, 0.5) is 0 Å². The molecule has 1 aliphatic heterocycles. The van der Waals surface area contributed by atoms with Gasteiger partial charge in [-0.2, -0.15) is 5.10 Å². The van der Waals surface area contributed by atoms with Crippen molar-refractivity contribution in [1.82, 2.24) is 15.1 Å². The van der Waals surface area contributed by atoms with Gasteiger partial charge in [0.25, 0.3) is 5.91 Å². The molecule has 3 aromatic rings. The Labute approximate surface area is 164 Å². The van der Waals surface area contributed by atoms with Crippen molar-refractivity contribution in [1.29, 1.82) is 0 Å². The standard InChI is InChI=1S/C22H23N3O3/c1-22(2,18-8-9-19-20(14-18)28-13-12-27-19)24-21(26)17-6-4-16(5-7-17)15-25-11-3-10-23-25/h3-11,14H,12-13,15H2,1-2H3,(H,24,26). The zero-order chi connectivity index (χ0) is 19.6. The Hall–Kier alpha value is -3.28. The number of nitrogens with one attached hydrogen (secondary N) is 1. The minimum Gasteiger partial charge on any atom is -0.486 e. The number of nitrogens with zero attached hydrogens (tertiary/aromatic N) is 2. The molecule has 2 aromatic carbocycles. The third-order valence-electron chi connectivity index (χ3n) is 4.81. The van der Waals surface area contributed by atoms with E-state index in [2.05, 4.69) is 10.4 Å². The fourth-order valence-electron chi connectivity index (χ4n) is 3.20. The van der Waals surface area contributed by atoms with Crippen LogP contribution in [-0.4, -0.2) is 28.9 Å². The van der Waals surface area contributed by atoms with E-state index >= 15 is 0 Å². The molecule has 1 N–H and O–H groups in total. The first-order valence-electron chi connectivity index (χ1n) is 9.30. The van der Waals surface area contributed by atoms with Gasteiger partial charge in [0, 0.05) is 18.0 Å². The first-order chi connectivity index (χ1) is 13.5. The molecular weight excluding hydrogens is 354 g/mol. The molecule has 0 radical (unpaired) electrons. The molecule has 28 heavy (non-hydrogen) atoms. The first-order valence-corrected chi connectivity index (χ1v) is 9.30. The van der Waals surface area contributed by atoms with Crippen LogP contribution in [0, 0.1) is 0 Å². The average molecular weight is 377 g/mol. The van der Waals surface area contributed by atoms with E-state index in [4.69, 9.17) is 9.47 Å². The molecule has 0 atom stereocenters. The number of hydrogen-bond donors (Lipinski definition) is 1. The predicted molar refractivity (Wildman–Crippen MR) is 106 cm³/mol. The molecule has 0 saturated heterocycles. The summed E-state index contributed by atoms with van der Waals surface area (Å²) < 4.78 is 13.1. The molecule has 0 saturated carbocycles. The monoisotopic (exact) mass is 377 g/mol. The summed E-state index contributed by atoms with van der Waals surface area (Å²) in [5, 5.41) is 7.31. The molecule has 0 unspecified atom stereocenters. The lowest BCUT2D eigenvalue weighted by Crippen LogP contribution is -2.41. The quantitative estimate of drug-likeness (QED) is 0.740. The highest BCUT2D eigenvalue weighted by molar-refractivity contribution is 5.94. The number of rotatable bonds is 5. The van der Waals surface area contributed by atoms with Crippen LogP contribution < -0.4 is 14.8 Å². The lowest BCUT2D eigenvalue weighted by atomic mass is 9.93. The van der Waals surface area contributed by atoms with E-state index in [0.717, 1.165) is 16.9 Å². The fraction of sp³-hybridized carbons (Fsp3) is 0.273. The second-order valence-electron chi connectivity index (χ2n) is 7.34. The molecule has 2 heterocycles. The highest BCUT2D eigenvalue weighted by Crippen LogP contribution is 2.34. The number of carbonyl (C=O) groups excluding carboxylic acids is 1. The Morgan fingerprint density at radius 2 is 1.86 bits per heavy atom. The molecule has 6 heteroatoms. The number of hydrogen-bond acceptors (Lipinski definition) is 4. The maximum absolute atomic E-state index is 12.8. The number of benzene rings is 2. The van der Waals surface area contributed by atoms with Gasteiger partial charge in [0.15, 0.2) is 11.5 Å². The van der Waals surface area contributed by atoms with Crippen LogP contribution in [0.3, 0.4) is 0 Å². The minimum absolute atomic E-state index is 0.120. The van der Waals surface area contributed by atoms with Gasteiger partial charge < -0.3 is 14.8 Å². The van der Waals surface area contributed by atoms with Crippen molar-refractivity contribution in [2.75, 3.05) is 13.2 Å². The van der Waals surface area contributed by atoms with Crippen LogP contribution in [-0.2, 0) is 12.1 Å². The molecule has 144 valence electrons. The number of amides is 1. The van der Waals surface area contributed by atoms with Gasteiger partial charge in [-0.3, -0.25) is 9.48 Å². The maximum atomic E-state index is 12.8. The van der Waals surface area contributed by atoms with Gasteiger partial charge in [-0.15, -0.1) is 0 Å². The second kappa shape index (κ2) is 7.38. The van der Waals surface area contributed by atoms with Gasteiger partial charge in [0.2, 0.25) is 0 Å². The van der Waals surface area contributed by atoms with Crippen LogP contribution >= 0.6 is 0 Å². The molecule has 1 aromatic heterocycles. The van der Waals surface area contributed by atoms with E-state index in [-0.39, 0.29) is 5.91 Å². The van der Waals surface area contributed by atoms with E-state index in [1.54, 1.807) is 6.20 Å². The Morgan fingerprint density at radius 1 is 1.11 bits per heavy atom. The lowest BCUT2D eigenvalue weighted by Gasteiger charge is -2.28. The summed E-state index contributed by atoms with van der Waals surface area (Å²) in [4.78, 5) is 12.8. The van der Waals surface area contributed by atoms with Crippen LogP contribution in [0.1, 0.15) is 35.3 Å². The highest BCUT2D eigenvalue weighted by Gasteiger charge is 2.25. The van der Waals surface area contributed by atoms with Crippen molar-refractivity contribution in [3.05, 3.63) is 77.6 Å². The van der Waals surface area contributed by atoms with Crippen molar-refractivity contribution in [2.24, 2.45) is 0 Å². The Kier molecular flexibility index (Phi) is 4.77. The minimum atomic E-state index is -0.555. The number of ether oxygens (including phenoxy) is 2. The number of aromatic nitrogens is 2. The van der Waals surface area contributed by atoms with Crippen molar-refractivity contribution >= 4 is 5.91 Å². The van der Waals surface area contributed by atoms with E-state index < -0.39 is 5.54 Å². The van der Waals surface area contributed by atoms with Crippen LogP contribution in [0.2, 0.25) is 0 Å². The second-order valence-corrected chi connectivity index (χ2v) is 7.34. The molecule has 1 aliphatic rings. The fourth-order valence-corrected chi connectivity index (χ4v) is 3.20. The summed E-state index contributed by atoms with van der Waals surface area (Å²) >= 11 is 0. The van der Waals surface area contributed by atoms with E-state index in [9.17, 15) is 4.79 Å². The van der Waals surface area contributed by atoms with Gasteiger partial charge in [-0.25, -0.2) is 0 Å². The van der Waals surface area contributed by atoms with Crippen molar-refractivity contribution in [3.63, 3.8) is 0 Å². The average Bonchev–Trinajstić information content (AvgIpc) is 3.21. The Morgan fingerprint density at radius 3 is 2.57 bits per heavy atom. The molecule has 6 nitrogen and oxygen atoms in total. The molecule has 4 rings (SSSR count). The third kappa shape index (κ3) is 3.86. The van der Waals surface area contributed by atoms with Crippen LogP contribution in [0.5, 0.6) is 11.5 Å². The van der Waals surface area contributed by atoms with E-state index in [0.29, 0.717) is 31.1 Å². The smallest absolute Gasteiger partial charge is 0.251 e. The van der Waals surface area contributed by atoms with E-state index in [1.807, 2.05) is 73.3 Å². The van der Waals surface area contributed by atoms with E-state index in [1.165, 1.54) is 0 Å². The Bertz CT molecular complexity index is 963. The summed E-state index contributed by atoms with van der Waals surface area (Å²) in [6.07, 6.45) is 3.66. The Balaban J connectivity index is 1.46. The van der Waals surface area contributed by atoms with Crippen LogP contribution in [0.15, 0.2) is 60.9 Å². The largest absolute Gasteiger partial charge is 0.486 e. The lowest BCUT2D eigenvalue weighted by molar-refractivity contribution is 0.0911. The SMILES string of the molecule is CC(C)(NC(=O)c1ccc(Cn2cccn2)cc1)c1ccc2c(c1)OCCO2. The zero-order valence-corrected chi connectivity index (χ0v) is 16.0. The molecule has 0 spiro atoms. The normalized spacial score (nSPS) is 13.2. The highest BCUT2D eigenvalue weighted by atomic mass is 16.6. The van der Waals surface area contributed by atoms with Crippen molar-refractivity contribution in [3.8, 4) is 11.5 Å². The van der Waals surface area contributed by atoms with Crippen LogP contribution in [0.25, 0.3) is 0 Å². The third-order valence-corrected chi connectivity index (χ3v) is 4.81. The van der Waals surface area contributed by atoms with Gasteiger partial charge in [0.05, 0.1) is 12.1 Å². The summed E-state index contributed by atoms with van der Waals surface area (Å²) in [5.41, 5.74) is 2.11. The summed E-state index contributed by atoms with van der Waals surface area (Å²) in [6.45, 7) is 5.72. The van der Waals surface area contributed by atoms with Crippen molar-refractivity contribution < 1.29 is 14.3 Å². The summed E-state index contributed by atoms with van der Waals surface area (Å²) in [7, 11) is 0. The van der Waals surface area contributed by atoms with Gasteiger partial charge in [-0.1, -0.05) is 18.2 Å². The molecule has 0 aliphatic carbocycles. The molecule has 0 bridgehead atoms. The van der Waals surface area contributed by atoms with Gasteiger partial charge in [-0.05, 0) is 55.3 Å².